The molecule has 0 aliphatic carbocycles. The summed E-state index contributed by atoms with van der Waals surface area (Å²) in [5.41, 5.74) is 10.1. The number of likely N-dealkylation sites (tertiary alicyclic amines) is 3. The van der Waals surface area contributed by atoms with Crippen LogP contribution in [0, 0.1) is 0 Å². The maximum atomic E-state index is 14.2. The third-order valence-electron chi connectivity index (χ3n) is 26.3. The number of nitrogens with one attached hydrogen (secondary N) is 6. The molecule has 6 amide bonds. The van der Waals surface area contributed by atoms with Crippen molar-refractivity contribution in [3.05, 3.63) is 333 Å². The highest BCUT2D eigenvalue weighted by atomic mass is 79.9. The summed E-state index contributed by atoms with van der Waals surface area (Å²) < 4.78 is 11.9. The third kappa shape index (κ3) is 30.0. The smallest absolute Gasteiger partial charge is 0.407 e. The molecular weight excluding hydrogens is 1720 g/mol. The Bertz CT molecular complexity index is 5020. The lowest BCUT2D eigenvalue weighted by Crippen LogP contribution is -2.50. The Kier molecular flexibility index (Phi) is 37.6. The Labute approximate surface area is 787 Å². The summed E-state index contributed by atoms with van der Waals surface area (Å²) in [7, 11) is 0. The molecule has 16 rings (SSSR count). The van der Waals surface area contributed by atoms with Crippen molar-refractivity contribution in [3.8, 4) is 11.3 Å². The third-order valence-corrected chi connectivity index (χ3v) is 27.0. The van der Waals surface area contributed by atoms with E-state index < -0.39 is 6.09 Å². The minimum absolute atomic E-state index is 0.0113. The molecule has 0 unspecified atom stereocenters. The zero-order chi connectivity index (χ0) is 90.6. The Morgan fingerprint density at radius 1 is 0.427 bits per heavy atom. The van der Waals surface area contributed by atoms with Gasteiger partial charge in [-0.2, -0.15) is 0 Å². The predicted molar refractivity (Wildman–Crippen MR) is 525 cm³/mol. The van der Waals surface area contributed by atoms with E-state index in [1.807, 2.05) is 119 Å². The molecule has 9 aromatic carbocycles. The van der Waals surface area contributed by atoms with Crippen molar-refractivity contribution >= 4 is 69.2 Å². The summed E-state index contributed by atoms with van der Waals surface area (Å²) in [6, 6.07) is 88.2. The maximum absolute atomic E-state index is 14.2. The standard InChI is InChI=1S/C37H42ClN5O3.C36H43BrN4O2.C35H44N4O3/c38-30-16-14-29(15-17-30)35-24-34(41-46-35)36(44)39-25-31-18-23-43(37(45)33(40-31)19-22-42-20-8-3-9-21-42)26-32(27-10-4-1-5-11-27)28-12-6-2-7-13-28;37-31-17-14-28(15-18-31)16-19-35(42)38-26-32-20-25-41(36(43)34(39-32)21-24-40-22-8-3-9-23-40)27-33(29-10-4-1-5-11-29)30-12-6-2-7-13-30;40-34-33(20-23-38-21-11-4-12-22-38)37-31(25-36-35(41)42-27-28-13-5-1-6-14-28)19-24-39(34)26-32(29-15-7-2-8-16-29)30-17-9-3-10-18-30/h1-2,4-7,10-17,24,31-33,40H,3,8-9,18-23,25-26H2,(H,39,44);1-2,4-7,10-19,32-34,39H,3,8-9,20-27H2,(H,38,42);1-3,5-10,13-18,31-33,37H,4,11-12,19-27H2,(H,36,41)/b;19-16+;/t31-,33-;32-,34-;31-,33-/m000/s1. The lowest BCUT2D eigenvalue weighted by atomic mass is 9.90. The van der Waals surface area contributed by atoms with E-state index in [1.165, 1.54) is 91.2 Å². The van der Waals surface area contributed by atoms with E-state index in [-0.39, 0.29) is 95.8 Å². The van der Waals surface area contributed by atoms with Gasteiger partial charge in [-0.1, -0.05) is 276 Å². The van der Waals surface area contributed by atoms with Gasteiger partial charge < -0.3 is 70.6 Å². The average molecular weight is 1850 g/mol. The van der Waals surface area contributed by atoms with Crippen LogP contribution in [0.2, 0.25) is 5.02 Å². The molecule has 6 N–H and O–H groups in total. The van der Waals surface area contributed by atoms with Crippen LogP contribution in [-0.2, 0) is 30.5 Å². The Morgan fingerprint density at radius 3 is 1.14 bits per heavy atom. The van der Waals surface area contributed by atoms with Crippen molar-refractivity contribution in [1.29, 1.82) is 0 Å². The number of hydrogen-bond donors (Lipinski definition) is 6. The molecule has 0 bridgehead atoms. The molecular formula is C108H129BrClN13O8. The zero-order valence-corrected chi connectivity index (χ0v) is 77.8. The molecule has 7 heterocycles. The van der Waals surface area contributed by atoms with Gasteiger partial charge in [-0.15, -0.1) is 0 Å². The first kappa shape index (κ1) is 96.1. The zero-order valence-electron chi connectivity index (χ0n) is 75.4. The van der Waals surface area contributed by atoms with Gasteiger partial charge in [-0.3, -0.25) is 24.0 Å². The van der Waals surface area contributed by atoms with Crippen LogP contribution in [0.4, 0.5) is 4.79 Å². The summed E-state index contributed by atoms with van der Waals surface area (Å²) in [5.74, 6) is 0.747. The molecule has 23 heteroatoms. The van der Waals surface area contributed by atoms with Crippen molar-refractivity contribution in [3.63, 3.8) is 0 Å². The first-order chi connectivity index (χ1) is 64.2. The number of nitrogens with zero attached hydrogens (tertiary/aromatic N) is 7. The van der Waals surface area contributed by atoms with Crippen molar-refractivity contribution in [2.45, 2.75) is 157 Å². The lowest BCUT2D eigenvalue weighted by molar-refractivity contribution is -0.133. The highest BCUT2D eigenvalue weighted by molar-refractivity contribution is 9.10. The van der Waals surface area contributed by atoms with Gasteiger partial charge in [0.2, 0.25) is 23.6 Å². The number of piperidine rings is 3. The van der Waals surface area contributed by atoms with Crippen molar-refractivity contribution in [2.24, 2.45) is 0 Å². The SMILES string of the molecule is O=C(/C=C/c1ccc(Br)cc1)NC[C@@H]1CCN(CC(c2ccccc2)c2ccccc2)C(=O)[C@H](CCN2CCCCC2)N1.O=C(NC[C@@H]1CCN(CC(c2ccccc2)c2ccccc2)C(=O)[C@H](CCN2CCCCC2)N1)OCc1ccccc1.O=C(NC[C@@H]1CCN(CC(c2ccccc2)c2ccccc2)C(=O)[C@H](CCN2CCCCC2)N1)c1cc(-c2ccc(Cl)cc2)on1. The summed E-state index contributed by atoms with van der Waals surface area (Å²) in [6.45, 7) is 14.5. The van der Waals surface area contributed by atoms with Crippen molar-refractivity contribution in [2.75, 3.05) is 118 Å². The number of amides is 6. The first-order valence-electron chi connectivity index (χ1n) is 47.5. The Balaban J connectivity index is 0.000000158. The Hall–Kier alpha value is -10.9. The van der Waals surface area contributed by atoms with Crippen LogP contribution in [0.25, 0.3) is 17.4 Å². The van der Waals surface area contributed by atoms with Gasteiger partial charge in [0.1, 0.15) is 6.61 Å². The number of aromatic nitrogens is 1. The van der Waals surface area contributed by atoms with Crippen molar-refractivity contribution in [1.82, 2.24) is 66.5 Å². The quantitative estimate of drug-likeness (QED) is 0.0210. The van der Waals surface area contributed by atoms with Crippen LogP contribution in [0.3, 0.4) is 0 Å². The van der Waals surface area contributed by atoms with Gasteiger partial charge in [-0.25, -0.2) is 4.79 Å². The highest BCUT2D eigenvalue weighted by Crippen LogP contribution is 2.33. The van der Waals surface area contributed by atoms with Crippen LogP contribution in [0.1, 0.15) is 169 Å². The van der Waals surface area contributed by atoms with Gasteiger partial charge >= 0.3 is 6.09 Å². The molecule has 0 spiro atoms. The maximum Gasteiger partial charge on any atom is 0.407 e. The normalized spacial score (nSPS) is 19.7. The number of ether oxygens (including phenoxy) is 1. The van der Waals surface area contributed by atoms with E-state index in [4.69, 9.17) is 20.9 Å². The fraction of sp³-hybridized carbons (Fsp3) is 0.398. The highest BCUT2D eigenvalue weighted by Gasteiger charge is 2.38. The molecule has 6 aliphatic heterocycles. The number of rotatable bonds is 33. The van der Waals surface area contributed by atoms with Crippen molar-refractivity contribution < 1.29 is 38.0 Å². The van der Waals surface area contributed by atoms with Gasteiger partial charge in [-0.05, 0) is 203 Å². The predicted octanol–water partition coefficient (Wildman–Crippen LogP) is 17.0. The lowest BCUT2D eigenvalue weighted by Gasteiger charge is -2.31. The van der Waals surface area contributed by atoms with Crippen LogP contribution in [0.5, 0.6) is 0 Å². The van der Waals surface area contributed by atoms with E-state index in [0.29, 0.717) is 69.7 Å². The fourth-order valence-corrected chi connectivity index (χ4v) is 19.2. The minimum atomic E-state index is -0.439. The first-order valence-corrected chi connectivity index (χ1v) is 48.7. The molecule has 688 valence electrons. The number of carbonyl (C=O) groups excluding carboxylic acids is 6. The minimum Gasteiger partial charge on any atom is -0.445 e. The largest absolute Gasteiger partial charge is 0.445 e. The van der Waals surface area contributed by atoms with Crippen LogP contribution < -0.4 is 31.9 Å². The number of carbonyl (C=O) groups is 6. The molecule has 1 aromatic heterocycles. The molecule has 0 saturated carbocycles. The van der Waals surface area contributed by atoms with Gasteiger partial charge in [0.25, 0.3) is 5.91 Å². The fourth-order valence-electron chi connectivity index (χ4n) is 18.8. The topological polar surface area (TPSA) is 229 Å². The van der Waals surface area contributed by atoms with Crippen LogP contribution in [0.15, 0.2) is 282 Å². The van der Waals surface area contributed by atoms with E-state index in [1.54, 1.807) is 24.3 Å². The monoisotopic (exact) mass is 1850 g/mol. The van der Waals surface area contributed by atoms with Crippen LogP contribution >= 0.6 is 27.5 Å². The van der Waals surface area contributed by atoms with Gasteiger partial charge in [0.15, 0.2) is 11.5 Å². The second-order valence-corrected chi connectivity index (χ2v) is 36.9. The van der Waals surface area contributed by atoms with E-state index in [9.17, 15) is 28.8 Å². The van der Waals surface area contributed by atoms with Crippen LogP contribution in [-0.4, -0.2) is 224 Å². The molecule has 21 nitrogen and oxygen atoms in total. The van der Waals surface area contributed by atoms with E-state index in [2.05, 4.69) is 218 Å². The van der Waals surface area contributed by atoms with E-state index in [0.717, 1.165) is 119 Å². The number of halogens is 2. The second-order valence-electron chi connectivity index (χ2n) is 35.5. The summed E-state index contributed by atoms with van der Waals surface area (Å²) in [5, 5.41) is 24.6. The number of alkyl carbamates (subject to hydrolysis) is 1. The molecule has 6 saturated heterocycles. The summed E-state index contributed by atoms with van der Waals surface area (Å²) in [6.07, 6.45) is 18.7. The molecule has 6 aliphatic rings. The molecule has 131 heavy (non-hydrogen) atoms. The molecule has 10 aromatic rings. The summed E-state index contributed by atoms with van der Waals surface area (Å²) >= 11 is 9.45. The Morgan fingerprint density at radius 2 is 0.771 bits per heavy atom. The summed E-state index contributed by atoms with van der Waals surface area (Å²) in [4.78, 5) is 94.3. The molecule has 6 fully saturated rings. The average Bonchev–Trinajstić information content (AvgIpc) is 1.80. The number of hydrogen-bond acceptors (Lipinski definition) is 15. The van der Waals surface area contributed by atoms with Gasteiger partial charge in [0, 0.05) is 142 Å². The van der Waals surface area contributed by atoms with E-state index >= 15 is 0 Å². The molecule has 6 atom stereocenters. The van der Waals surface area contributed by atoms with Gasteiger partial charge in [0.05, 0.1) is 18.1 Å². The second kappa shape index (κ2) is 51.2. The number of benzene rings is 9. The molecule has 0 radical (unpaired) electrons.